The van der Waals surface area contributed by atoms with Gasteiger partial charge in [-0.1, -0.05) is 12.1 Å². The van der Waals surface area contributed by atoms with E-state index in [0.29, 0.717) is 31.6 Å². The molecule has 1 amide bonds. The molecule has 1 aliphatic heterocycles. The lowest BCUT2D eigenvalue weighted by Gasteiger charge is -2.35. The molecule has 0 bridgehead atoms. The van der Waals surface area contributed by atoms with Gasteiger partial charge in [0.2, 0.25) is 5.91 Å². The Balaban J connectivity index is 1.57. The Morgan fingerprint density at radius 1 is 0.966 bits per heavy atom. The molecule has 0 saturated carbocycles. The second-order valence-electron chi connectivity index (χ2n) is 7.27. The van der Waals surface area contributed by atoms with Gasteiger partial charge in [-0.2, -0.15) is 0 Å². The molecule has 29 heavy (non-hydrogen) atoms. The van der Waals surface area contributed by atoms with Crippen LogP contribution >= 0.6 is 0 Å². The number of carbonyl (C=O) groups excluding carboxylic acids is 2. The van der Waals surface area contributed by atoms with Crippen LogP contribution in [0.5, 0.6) is 11.5 Å². The highest BCUT2D eigenvalue weighted by Gasteiger charge is 2.22. The van der Waals surface area contributed by atoms with E-state index >= 15 is 0 Å². The Kier molecular flexibility index (Phi) is 6.88. The van der Waals surface area contributed by atoms with E-state index in [1.807, 2.05) is 41.3 Å². The molecule has 3 rings (SSSR count). The maximum atomic E-state index is 12.7. The van der Waals surface area contributed by atoms with Crippen molar-refractivity contribution >= 4 is 11.7 Å². The minimum atomic E-state index is 0.0434. The SMILES string of the molecule is COc1cccc(CC(=O)N2CCN(Cc3cc(C(C)=O)ccc3OC)CC2)c1. The van der Waals surface area contributed by atoms with Crippen molar-refractivity contribution in [2.75, 3.05) is 40.4 Å². The monoisotopic (exact) mass is 396 g/mol. The second-order valence-corrected chi connectivity index (χ2v) is 7.27. The van der Waals surface area contributed by atoms with E-state index in [0.717, 1.165) is 35.7 Å². The van der Waals surface area contributed by atoms with Crippen molar-refractivity contribution in [1.82, 2.24) is 9.80 Å². The Bertz CT molecular complexity index is 873. The van der Waals surface area contributed by atoms with E-state index in [9.17, 15) is 9.59 Å². The number of amides is 1. The van der Waals surface area contributed by atoms with Crippen molar-refractivity contribution in [2.45, 2.75) is 19.9 Å². The van der Waals surface area contributed by atoms with Crippen LogP contribution in [-0.2, 0) is 17.8 Å². The van der Waals surface area contributed by atoms with Crippen LogP contribution in [0.4, 0.5) is 0 Å². The molecule has 0 radical (unpaired) electrons. The zero-order valence-corrected chi connectivity index (χ0v) is 17.3. The van der Waals surface area contributed by atoms with E-state index < -0.39 is 0 Å². The molecule has 1 fully saturated rings. The van der Waals surface area contributed by atoms with Gasteiger partial charge in [-0.3, -0.25) is 14.5 Å². The molecule has 2 aromatic rings. The first kappa shape index (κ1) is 20.9. The Labute approximate surface area is 172 Å². The van der Waals surface area contributed by atoms with E-state index in [2.05, 4.69) is 4.90 Å². The largest absolute Gasteiger partial charge is 0.497 e. The summed E-state index contributed by atoms with van der Waals surface area (Å²) in [5, 5.41) is 0. The number of hydrogen-bond donors (Lipinski definition) is 0. The standard InChI is InChI=1S/C23H28N2O4/c1-17(26)19-7-8-22(29-3)20(15-19)16-24-9-11-25(12-10-24)23(27)14-18-5-4-6-21(13-18)28-2/h4-8,13,15H,9-12,14,16H2,1-3H3. The molecule has 0 atom stereocenters. The van der Waals surface area contributed by atoms with Crippen molar-refractivity contribution < 1.29 is 19.1 Å². The maximum absolute atomic E-state index is 12.7. The van der Waals surface area contributed by atoms with Gasteiger partial charge in [-0.15, -0.1) is 0 Å². The summed E-state index contributed by atoms with van der Waals surface area (Å²) < 4.78 is 10.7. The molecule has 1 aliphatic rings. The van der Waals surface area contributed by atoms with Gasteiger partial charge in [-0.05, 0) is 42.8 Å². The number of rotatable bonds is 7. The molecule has 154 valence electrons. The quantitative estimate of drug-likeness (QED) is 0.674. The highest BCUT2D eigenvalue weighted by Crippen LogP contribution is 2.23. The third-order valence-electron chi connectivity index (χ3n) is 5.30. The average molecular weight is 396 g/mol. The summed E-state index contributed by atoms with van der Waals surface area (Å²) in [4.78, 5) is 28.6. The molecule has 0 aliphatic carbocycles. The van der Waals surface area contributed by atoms with Gasteiger partial charge in [0.05, 0.1) is 20.6 Å². The van der Waals surface area contributed by atoms with Crippen LogP contribution in [0.15, 0.2) is 42.5 Å². The first-order valence-corrected chi connectivity index (χ1v) is 9.81. The van der Waals surface area contributed by atoms with E-state index in [1.165, 1.54) is 0 Å². The number of benzene rings is 2. The summed E-state index contributed by atoms with van der Waals surface area (Å²) in [5.74, 6) is 1.73. The number of nitrogens with zero attached hydrogens (tertiary/aromatic N) is 2. The third-order valence-corrected chi connectivity index (χ3v) is 5.30. The second kappa shape index (κ2) is 9.56. The van der Waals surface area contributed by atoms with Crippen molar-refractivity contribution in [2.24, 2.45) is 0 Å². The Morgan fingerprint density at radius 3 is 2.38 bits per heavy atom. The van der Waals surface area contributed by atoms with E-state index in [-0.39, 0.29) is 11.7 Å². The summed E-state index contributed by atoms with van der Waals surface area (Å²) >= 11 is 0. The average Bonchev–Trinajstić information content (AvgIpc) is 2.74. The molecule has 2 aromatic carbocycles. The first-order valence-electron chi connectivity index (χ1n) is 9.81. The molecular formula is C23H28N2O4. The van der Waals surface area contributed by atoms with Gasteiger partial charge in [0, 0.05) is 43.9 Å². The topological polar surface area (TPSA) is 59.1 Å². The molecule has 0 aromatic heterocycles. The minimum absolute atomic E-state index is 0.0434. The number of carbonyl (C=O) groups is 2. The zero-order valence-electron chi connectivity index (χ0n) is 17.3. The zero-order chi connectivity index (χ0) is 20.8. The first-order chi connectivity index (χ1) is 14.0. The smallest absolute Gasteiger partial charge is 0.227 e. The van der Waals surface area contributed by atoms with Crippen molar-refractivity contribution in [3.8, 4) is 11.5 Å². The van der Waals surface area contributed by atoms with Gasteiger partial charge in [0.15, 0.2) is 5.78 Å². The Morgan fingerprint density at radius 2 is 1.72 bits per heavy atom. The lowest BCUT2D eigenvalue weighted by molar-refractivity contribution is -0.132. The molecule has 0 N–H and O–H groups in total. The molecule has 1 heterocycles. The van der Waals surface area contributed by atoms with E-state index in [4.69, 9.17) is 9.47 Å². The van der Waals surface area contributed by atoms with Crippen molar-refractivity contribution in [3.05, 3.63) is 59.2 Å². The number of ketones is 1. The lowest BCUT2D eigenvalue weighted by atomic mass is 10.1. The summed E-state index contributed by atoms with van der Waals surface area (Å²) in [6, 6.07) is 13.2. The van der Waals surface area contributed by atoms with Gasteiger partial charge in [0.1, 0.15) is 11.5 Å². The molecule has 6 heteroatoms. The van der Waals surface area contributed by atoms with Gasteiger partial charge in [-0.25, -0.2) is 0 Å². The van der Waals surface area contributed by atoms with Gasteiger partial charge < -0.3 is 14.4 Å². The van der Waals surface area contributed by atoms with Crippen LogP contribution in [0.25, 0.3) is 0 Å². The molecule has 6 nitrogen and oxygen atoms in total. The van der Waals surface area contributed by atoms with Crippen LogP contribution < -0.4 is 9.47 Å². The fraction of sp³-hybridized carbons (Fsp3) is 0.391. The number of methoxy groups -OCH3 is 2. The predicted octanol–water partition coefficient (Wildman–Crippen LogP) is 2.79. The minimum Gasteiger partial charge on any atom is -0.497 e. The van der Waals surface area contributed by atoms with Crippen LogP contribution in [-0.4, -0.2) is 61.9 Å². The molecule has 1 saturated heterocycles. The third kappa shape index (κ3) is 5.35. The van der Waals surface area contributed by atoms with Crippen LogP contribution in [0.2, 0.25) is 0 Å². The lowest BCUT2D eigenvalue weighted by Crippen LogP contribution is -2.48. The van der Waals surface area contributed by atoms with Crippen LogP contribution in [0, 0.1) is 0 Å². The summed E-state index contributed by atoms with van der Waals surface area (Å²) in [7, 11) is 3.27. The summed E-state index contributed by atoms with van der Waals surface area (Å²) in [5.41, 5.74) is 2.65. The van der Waals surface area contributed by atoms with Crippen LogP contribution in [0.1, 0.15) is 28.4 Å². The number of hydrogen-bond acceptors (Lipinski definition) is 5. The van der Waals surface area contributed by atoms with Gasteiger partial charge in [0.25, 0.3) is 0 Å². The summed E-state index contributed by atoms with van der Waals surface area (Å²) in [6.45, 7) is 5.23. The normalized spacial score (nSPS) is 14.5. The number of piperazine rings is 1. The summed E-state index contributed by atoms with van der Waals surface area (Å²) in [6.07, 6.45) is 0.381. The highest BCUT2D eigenvalue weighted by atomic mass is 16.5. The molecule has 0 unspecified atom stereocenters. The predicted molar refractivity (Wildman–Crippen MR) is 112 cm³/mol. The Hall–Kier alpha value is -2.86. The number of ether oxygens (including phenoxy) is 2. The fourth-order valence-corrected chi connectivity index (χ4v) is 3.59. The van der Waals surface area contributed by atoms with Gasteiger partial charge >= 0.3 is 0 Å². The molecular weight excluding hydrogens is 368 g/mol. The van der Waals surface area contributed by atoms with Crippen molar-refractivity contribution in [3.63, 3.8) is 0 Å². The van der Waals surface area contributed by atoms with Crippen LogP contribution in [0.3, 0.4) is 0 Å². The van der Waals surface area contributed by atoms with E-state index in [1.54, 1.807) is 27.2 Å². The highest BCUT2D eigenvalue weighted by molar-refractivity contribution is 5.94. The molecule has 0 spiro atoms. The number of Topliss-reactive ketones (excluding diaryl/α,β-unsaturated/α-hetero) is 1. The maximum Gasteiger partial charge on any atom is 0.227 e. The van der Waals surface area contributed by atoms with Crippen molar-refractivity contribution in [1.29, 1.82) is 0 Å². The fourth-order valence-electron chi connectivity index (χ4n) is 3.59.